The molecule has 0 saturated heterocycles. The van der Waals surface area contributed by atoms with E-state index in [1.807, 2.05) is 19.9 Å². The van der Waals surface area contributed by atoms with E-state index in [1.54, 1.807) is 26.0 Å². The van der Waals surface area contributed by atoms with Crippen LogP contribution < -0.4 is 4.74 Å². The van der Waals surface area contributed by atoms with E-state index in [1.165, 1.54) is 19.4 Å². The predicted octanol–water partition coefficient (Wildman–Crippen LogP) is 5.68. The van der Waals surface area contributed by atoms with Crippen LogP contribution in [-0.2, 0) is 9.53 Å². The third-order valence-corrected chi connectivity index (χ3v) is 5.68. The first kappa shape index (κ1) is 25.0. The number of hydrogen-bond acceptors (Lipinski definition) is 6. The number of halogens is 2. The molecule has 0 fully saturated rings. The number of carbonyl (C=O) groups is 2. The van der Waals surface area contributed by atoms with Gasteiger partial charge in [0.25, 0.3) is 0 Å². The van der Waals surface area contributed by atoms with Crippen molar-refractivity contribution in [3.63, 3.8) is 0 Å². The minimum absolute atomic E-state index is 0.136. The number of aromatic nitrogens is 1. The Hall–Kier alpha value is -2.31. The Bertz CT molecular complexity index is 948. The van der Waals surface area contributed by atoms with Crippen LogP contribution in [-0.4, -0.2) is 35.1 Å². The zero-order valence-electron chi connectivity index (χ0n) is 18.2. The van der Waals surface area contributed by atoms with Gasteiger partial charge < -0.3 is 14.6 Å². The van der Waals surface area contributed by atoms with Gasteiger partial charge in [-0.3, -0.25) is 9.59 Å². The lowest BCUT2D eigenvalue weighted by atomic mass is 9.84. The molecule has 0 radical (unpaired) electrons. The maximum absolute atomic E-state index is 12.7. The monoisotopic (exact) mass is 467 g/mol. The molecule has 0 saturated carbocycles. The zero-order chi connectivity index (χ0) is 23.3. The van der Waals surface area contributed by atoms with E-state index in [9.17, 15) is 14.7 Å². The lowest BCUT2D eigenvalue weighted by Gasteiger charge is -2.29. The van der Waals surface area contributed by atoms with Crippen LogP contribution >= 0.6 is 23.2 Å². The summed E-state index contributed by atoms with van der Waals surface area (Å²) in [5.41, 5.74) is 0.704. The quantitative estimate of drug-likeness (QED) is 0.376. The SMILES string of the molecule is COc1ccnc(C(=O)C[C@@H](C)C(=O)O[C@@H](C)[C@@H](c2ccc(Cl)cc2Cl)C(C)C)c1O. The van der Waals surface area contributed by atoms with Gasteiger partial charge in [-0.2, -0.15) is 0 Å². The van der Waals surface area contributed by atoms with Gasteiger partial charge in [-0.05, 0) is 30.5 Å². The van der Waals surface area contributed by atoms with Gasteiger partial charge in [-0.1, -0.05) is 50.0 Å². The number of Topliss-reactive ketones (excluding diaryl/α,β-unsaturated/α-hetero) is 1. The van der Waals surface area contributed by atoms with Gasteiger partial charge in [0, 0.05) is 34.6 Å². The van der Waals surface area contributed by atoms with Crippen molar-refractivity contribution in [2.45, 2.75) is 46.1 Å². The lowest BCUT2D eigenvalue weighted by Crippen LogP contribution is -2.29. The second-order valence-corrected chi connectivity index (χ2v) is 8.66. The maximum Gasteiger partial charge on any atom is 0.309 e. The number of ether oxygens (including phenoxy) is 2. The molecule has 1 aromatic heterocycles. The highest BCUT2D eigenvalue weighted by molar-refractivity contribution is 6.35. The Kier molecular flexibility index (Phi) is 8.71. The number of esters is 1. The smallest absolute Gasteiger partial charge is 0.309 e. The second-order valence-electron chi connectivity index (χ2n) is 7.82. The van der Waals surface area contributed by atoms with E-state index in [0.29, 0.717) is 10.0 Å². The van der Waals surface area contributed by atoms with Crippen LogP contribution in [0.25, 0.3) is 0 Å². The number of rotatable bonds is 9. The highest BCUT2D eigenvalue weighted by atomic mass is 35.5. The molecule has 0 unspecified atom stereocenters. The summed E-state index contributed by atoms with van der Waals surface area (Å²) in [7, 11) is 1.38. The van der Waals surface area contributed by atoms with Crippen molar-refractivity contribution in [3.05, 3.63) is 51.8 Å². The fourth-order valence-electron chi connectivity index (χ4n) is 3.56. The Morgan fingerprint density at radius 2 is 1.81 bits per heavy atom. The largest absolute Gasteiger partial charge is 0.503 e. The molecule has 1 N–H and O–H groups in total. The first-order valence-corrected chi connectivity index (χ1v) is 10.7. The number of ketones is 1. The fourth-order valence-corrected chi connectivity index (χ4v) is 4.10. The molecule has 8 heteroatoms. The molecule has 1 heterocycles. The summed E-state index contributed by atoms with van der Waals surface area (Å²) in [6, 6.07) is 6.70. The Labute approximate surface area is 192 Å². The van der Waals surface area contributed by atoms with Crippen LogP contribution in [0.3, 0.4) is 0 Å². The molecule has 0 aliphatic rings. The van der Waals surface area contributed by atoms with Crippen molar-refractivity contribution in [1.29, 1.82) is 0 Å². The van der Waals surface area contributed by atoms with Gasteiger partial charge in [0.2, 0.25) is 0 Å². The minimum atomic E-state index is -0.726. The molecular weight excluding hydrogens is 441 g/mol. The van der Waals surface area contributed by atoms with Crippen molar-refractivity contribution >= 4 is 35.0 Å². The number of methoxy groups -OCH3 is 1. The van der Waals surface area contributed by atoms with E-state index in [-0.39, 0.29) is 35.4 Å². The highest BCUT2D eigenvalue weighted by Gasteiger charge is 2.30. The molecule has 6 nitrogen and oxygen atoms in total. The third-order valence-electron chi connectivity index (χ3n) is 5.11. The van der Waals surface area contributed by atoms with Gasteiger partial charge >= 0.3 is 5.97 Å². The van der Waals surface area contributed by atoms with Gasteiger partial charge in [0.15, 0.2) is 23.0 Å². The molecule has 3 atom stereocenters. The summed E-state index contributed by atoms with van der Waals surface area (Å²) < 4.78 is 10.7. The van der Waals surface area contributed by atoms with Crippen LogP contribution in [0.15, 0.2) is 30.5 Å². The first-order chi connectivity index (χ1) is 14.6. The Morgan fingerprint density at radius 1 is 1.13 bits per heavy atom. The van der Waals surface area contributed by atoms with Crippen molar-refractivity contribution in [1.82, 2.24) is 4.98 Å². The van der Waals surface area contributed by atoms with Crippen LogP contribution in [0.1, 0.15) is 56.1 Å². The van der Waals surface area contributed by atoms with Crippen molar-refractivity contribution in [2.24, 2.45) is 11.8 Å². The normalized spacial score (nSPS) is 14.1. The van der Waals surface area contributed by atoms with E-state index in [2.05, 4.69) is 4.98 Å². The van der Waals surface area contributed by atoms with Gasteiger partial charge in [0.1, 0.15) is 6.10 Å². The summed E-state index contributed by atoms with van der Waals surface area (Å²) in [6.45, 7) is 7.44. The van der Waals surface area contributed by atoms with Crippen molar-refractivity contribution in [3.8, 4) is 11.5 Å². The molecule has 168 valence electrons. The number of carbonyl (C=O) groups excluding carboxylic acids is 2. The summed E-state index contributed by atoms with van der Waals surface area (Å²) >= 11 is 12.4. The molecule has 1 aromatic carbocycles. The average molecular weight is 468 g/mol. The van der Waals surface area contributed by atoms with Crippen LogP contribution in [0.4, 0.5) is 0 Å². The van der Waals surface area contributed by atoms with Gasteiger partial charge in [0.05, 0.1) is 13.0 Å². The van der Waals surface area contributed by atoms with Gasteiger partial charge in [-0.15, -0.1) is 0 Å². The molecule has 31 heavy (non-hydrogen) atoms. The summed E-state index contributed by atoms with van der Waals surface area (Å²) in [5, 5.41) is 11.2. The zero-order valence-corrected chi connectivity index (χ0v) is 19.7. The molecule has 0 aliphatic carbocycles. The van der Waals surface area contributed by atoms with Crippen LogP contribution in [0, 0.1) is 11.8 Å². The standard InChI is InChI=1S/C23H27Cl2NO5/c1-12(2)20(16-7-6-15(24)11-17(16)25)14(4)31-23(29)13(3)10-18(27)21-22(28)19(30-5)8-9-26-21/h6-9,11-14,20,28H,10H2,1-5H3/t13-,14+,20+/m1/s1. The molecule has 2 aromatic rings. The molecule has 0 amide bonds. The molecule has 0 bridgehead atoms. The average Bonchev–Trinajstić information content (AvgIpc) is 2.69. The minimum Gasteiger partial charge on any atom is -0.503 e. The summed E-state index contributed by atoms with van der Waals surface area (Å²) in [6.07, 6.45) is 0.722. The van der Waals surface area contributed by atoms with E-state index >= 15 is 0 Å². The molecular formula is C23H27Cl2NO5. The maximum atomic E-state index is 12.7. The number of pyridine rings is 1. The predicted molar refractivity (Wildman–Crippen MR) is 120 cm³/mol. The van der Waals surface area contributed by atoms with E-state index < -0.39 is 23.8 Å². The summed E-state index contributed by atoms with van der Waals surface area (Å²) in [5.74, 6) is -1.94. The highest BCUT2D eigenvalue weighted by Crippen LogP contribution is 2.36. The third kappa shape index (κ3) is 6.11. The molecule has 2 rings (SSSR count). The number of aromatic hydroxyl groups is 1. The molecule has 0 spiro atoms. The molecule has 0 aliphatic heterocycles. The first-order valence-electron chi connectivity index (χ1n) is 9.97. The van der Waals surface area contributed by atoms with Crippen LogP contribution in [0.2, 0.25) is 10.0 Å². The van der Waals surface area contributed by atoms with E-state index in [0.717, 1.165) is 5.56 Å². The number of nitrogens with zero attached hydrogens (tertiary/aromatic N) is 1. The Morgan fingerprint density at radius 3 is 2.39 bits per heavy atom. The summed E-state index contributed by atoms with van der Waals surface area (Å²) in [4.78, 5) is 29.2. The number of benzene rings is 1. The van der Waals surface area contributed by atoms with Gasteiger partial charge in [-0.25, -0.2) is 4.98 Å². The fraction of sp³-hybridized carbons (Fsp3) is 0.435. The van der Waals surface area contributed by atoms with Crippen LogP contribution in [0.5, 0.6) is 11.5 Å². The van der Waals surface area contributed by atoms with Crippen molar-refractivity contribution < 1.29 is 24.2 Å². The second kappa shape index (κ2) is 10.8. The van der Waals surface area contributed by atoms with Crippen molar-refractivity contribution in [2.75, 3.05) is 7.11 Å². The lowest BCUT2D eigenvalue weighted by molar-refractivity contribution is -0.154. The topological polar surface area (TPSA) is 85.7 Å². The van der Waals surface area contributed by atoms with E-state index in [4.69, 9.17) is 32.7 Å². The number of hydrogen-bond donors (Lipinski definition) is 1. The Balaban J connectivity index is 2.11.